The van der Waals surface area contributed by atoms with Crippen molar-refractivity contribution < 1.29 is 36.4 Å². The molecule has 14 heteroatoms. The third-order valence-electron chi connectivity index (χ3n) is 11.2. The van der Waals surface area contributed by atoms with E-state index in [2.05, 4.69) is 31.6 Å². The smallest absolute Gasteiger partial charge is 0.262 e. The maximum Gasteiger partial charge on any atom is 0.262 e. The fraction of sp³-hybridized carbons (Fsp3) is 0.537. The van der Waals surface area contributed by atoms with Crippen molar-refractivity contribution in [3.8, 4) is 17.3 Å². The molecule has 0 bridgehead atoms. The minimum Gasteiger partial charge on any atom is -0.470 e. The summed E-state index contributed by atoms with van der Waals surface area (Å²) in [5.41, 5.74) is 7.93. The van der Waals surface area contributed by atoms with Gasteiger partial charge in [0.2, 0.25) is 33.3 Å². The van der Waals surface area contributed by atoms with Gasteiger partial charge in [0.25, 0.3) is 5.88 Å². The molecule has 1 aromatic carbocycles. The summed E-state index contributed by atoms with van der Waals surface area (Å²) in [6.45, 7) is 9.95. The summed E-state index contributed by atoms with van der Waals surface area (Å²) in [6, 6.07) is 8.74. The van der Waals surface area contributed by atoms with Crippen molar-refractivity contribution in [2.75, 3.05) is 6.54 Å². The molecule has 3 aliphatic rings. The first-order valence-corrected chi connectivity index (χ1v) is 20.8. The summed E-state index contributed by atoms with van der Waals surface area (Å²) in [7, 11) is -3.60. The van der Waals surface area contributed by atoms with Crippen LogP contribution in [0.25, 0.3) is 33.5 Å². The molecule has 294 valence electrons. The van der Waals surface area contributed by atoms with Crippen LogP contribution in [-0.2, 0) is 29.8 Å². The molecule has 3 aromatic heterocycles. The number of furan rings is 2. The van der Waals surface area contributed by atoms with Gasteiger partial charge in [-0.25, -0.2) is 13.4 Å². The van der Waals surface area contributed by atoms with E-state index in [4.69, 9.17) is 29.3 Å². The molecule has 3 fully saturated rings. The van der Waals surface area contributed by atoms with Crippen LogP contribution in [0.15, 0.2) is 51.3 Å². The average Bonchev–Trinajstić information content (AvgIpc) is 3.92. The number of amides is 3. The molecule has 2 aliphatic carbocycles. The van der Waals surface area contributed by atoms with E-state index in [-0.39, 0.29) is 48.4 Å². The number of para-hydroxylation sites is 1. The molecule has 13 nitrogen and oxygen atoms in total. The number of ether oxygens (including phenoxy) is 1. The number of carbonyl (C=O) groups is 3. The number of aromatic nitrogens is 2. The number of carbonyl (C=O) groups excluding carboxylic acids is 3. The zero-order chi connectivity index (χ0) is 39.3. The largest absolute Gasteiger partial charge is 0.470 e. The summed E-state index contributed by atoms with van der Waals surface area (Å²) in [5, 5.41) is 0.812. The highest BCUT2D eigenvalue weighted by molar-refractivity contribution is 7.91. The highest BCUT2D eigenvalue weighted by Gasteiger charge is 2.52. The van der Waals surface area contributed by atoms with Gasteiger partial charge in [-0.3, -0.25) is 19.1 Å². The average molecular weight is 774 g/mol. The molecule has 1 saturated heterocycles. The van der Waals surface area contributed by atoms with Gasteiger partial charge >= 0.3 is 0 Å². The van der Waals surface area contributed by atoms with Crippen LogP contribution in [0.3, 0.4) is 0 Å². The van der Waals surface area contributed by atoms with Gasteiger partial charge in [0.15, 0.2) is 5.82 Å². The predicted octanol–water partition coefficient (Wildman–Crippen LogP) is 6.61. The number of hydrogen-bond donors (Lipinski definition) is 2. The first-order chi connectivity index (χ1) is 26.0. The number of rotatable bonds is 15. The number of primary amides is 1. The monoisotopic (exact) mass is 773 g/mol. The molecule has 4 heterocycles. The molecule has 4 aromatic rings. The Labute approximate surface area is 321 Å². The van der Waals surface area contributed by atoms with Crippen molar-refractivity contribution in [1.29, 1.82) is 0 Å². The SMILES string of the molecule is Cc1oc(C(C)(C)C)cc1-c1nc(O[C@@H]2C[C@@H](C(N)=O)N(C(=O)CCCCCC/C=C\[C@@H]3C[C@@H]3C(=O)NS(=O)(=O)C3(C)CC3)C2)c2oc3ccccc3c2n1. The Morgan fingerprint density at radius 1 is 1.07 bits per heavy atom. The zero-order valence-electron chi connectivity index (χ0n) is 32.2. The van der Waals surface area contributed by atoms with E-state index in [9.17, 15) is 22.8 Å². The summed E-state index contributed by atoms with van der Waals surface area (Å²) in [5.74, 6) is 0.803. The predicted molar refractivity (Wildman–Crippen MR) is 207 cm³/mol. The fourth-order valence-corrected chi connectivity index (χ4v) is 8.54. The molecule has 4 atom stereocenters. The minimum absolute atomic E-state index is 0.0784. The third kappa shape index (κ3) is 8.15. The molecule has 0 spiro atoms. The number of hydrogen-bond acceptors (Lipinski definition) is 10. The Kier molecular flexibility index (Phi) is 10.3. The van der Waals surface area contributed by atoms with Crippen LogP contribution in [0, 0.1) is 18.8 Å². The number of nitrogens with two attached hydrogens (primary N) is 1. The van der Waals surface area contributed by atoms with Gasteiger partial charge in [-0.1, -0.05) is 57.9 Å². The first-order valence-electron chi connectivity index (χ1n) is 19.3. The lowest BCUT2D eigenvalue weighted by Gasteiger charge is -2.21. The van der Waals surface area contributed by atoms with Gasteiger partial charge in [0.05, 0.1) is 16.9 Å². The van der Waals surface area contributed by atoms with Gasteiger partial charge in [-0.2, -0.15) is 4.98 Å². The molecule has 3 N–H and O–H groups in total. The number of unbranched alkanes of at least 4 members (excludes halogenated alkanes) is 4. The third-order valence-corrected chi connectivity index (χ3v) is 13.4. The molecule has 3 amide bonds. The van der Waals surface area contributed by atoms with Crippen LogP contribution in [0.2, 0.25) is 0 Å². The molecule has 0 radical (unpaired) electrons. The Morgan fingerprint density at radius 3 is 2.53 bits per heavy atom. The van der Waals surface area contributed by atoms with E-state index < -0.39 is 38.7 Å². The van der Waals surface area contributed by atoms with Crippen LogP contribution in [0.1, 0.15) is 103 Å². The van der Waals surface area contributed by atoms with Crippen LogP contribution in [-0.4, -0.2) is 64.4 Å². The molecule has 2 saturated carbocycles. The Bertz CT molecular complexity index is 2260. The van der Waals surface area contributed by atoms with Gasteiger partial charge in [0.1, 0.15) is 34.8 Å². The molecule has 1 aliphatic heterocycles. The second-order valence-corrected chi connectivity index (χ2v) is 18.9. The number of benzene rings is 1. The van der Waals surface area contributed by atoms with E-state index >= 15 is 0 Å². The lowest BCUT2D eigenvalue weighted by Crippen LogP contribution is -2.43. The van der Waals surface area contributed by atoms with E-state index in [0.717, 1.165) is 42.4 Å². The Hall–Kier alpha value is -4.72. The van der Waals surface area contributed by atoms with Gasteiger partial charge in [0, 0.05) is 29.6 Å². The summed E-state index contributed by atoms with van der Waals surface area (Å²) in [6.07, 6.45) is 10.1. The number of nitrogens with zero attached hydrogens (tertiary/aromatic N) is 3. The van der Waals surface area contributed by atoms with Crippen LogP contribution < -0.4 is 15.2 Å². The molecular weight excluding hydrogens is 723 g/mol. The number of likely N-dealkylation sites (tertiary alicyclic amines) is 1. The van der Waals surface area contributed by atoms with Gasteiger partial charge in [-0.05, 0) is 76.5 Å². The van der Waals surface area contributed by atoms with Gasteiger partial charge in [-0.15, -0.1) is 0 Å². The highest BCUT2D eigenvalue weighted by Crippen LogP contribution is 2.44. The lowest BCUT2D eigenvalue weighted by atomic mass is 9.93. The van der Waals surface area contributed by atoms with Crippen molar-refractivity contribution in [3.05, 3.63) is 54.0 Å². The van der Waals surface area contributed by atoms with Crippen molar-refractivity contribution in [2.24, 2.45) is 17.6 Å². The number of fused-ring (bicyclic) bond motifs is 3. The summed E-state index contributed by atoms with van der Waals surface area (Å²) in [4.78, 5) is 49.6. The second-order valence-electron chi connectivity index (χ2n) is 16.7. The van der Waals surface area contributed by atoms with Crippen LogP contribution in [0.4, 0.5) is 0 Å². The second kappa shape index (κ2) is 14.7. The number of aryl methyl sites for hydroxylation is 1. The first kappa shape index (κ1) is 38.6. The maximum atomic E-state index is 13.4. The van der Waals surface area contributed by atoms with E-state index in [1.54, 1.807) is 6.92 Å². The van der Waals surface area contributed by atoms with E-state index in [1.807, 2.05) is 43.3 Å². The standard InChI is InChI=1S/C41H51N5O8S/c1-24-28(22-32(52-24)40(2,3)4)37-43-34-27-15-12-13-16-31(27)54-35(34)39(44-37)53-26-21-30(36(42)48)46(23-26)33(47)17-11-9-7-6-8-10-14-25-20-29(25)38(49)45-55(50,51)41(5)18-19-41/h10,12-16,22,25-26,29-30H,6-9,11,17-21,23H2,1-5H3,(H2,42,48)(H,45,49)/b14-10-/t25-,26-,29+,30+/m1/s1. The lowest BCUT2D eigenvalue weighted by molar-refractivity contribution is -0.137. The maximum absolute atomic E-state index is 13.4. The molecular formula is C41H51N5O8S. The Morgan fingerprint density at radius 2 is 1.82 bits per heavy atom. The topological polar surface area (TPSA) is 188 Å². The number of sulfonamides is 1. The van der Waals surface area contributed by atoms with E-state index in [0.29, 0.717) is 54.0 Å². The normalized spacial score (nSPS) is 22.1. The van der Waals surface area contributed by atoms with Gasteiger partial charge < -0.3 is 24.2 Å². The molecule has 7 rings (SSSR count). The van der Waals surface area contributed by atoms with Crippen molar-refractivity contribution in [2.45, 2.75) is 121 Å². The quantitative estimate of drug-likeness (QED) is 0.0983. The number of allylic oxidation sites excluding steroid dienone is 2. The summed E-state index contributed by atoms with van der Waals surface area (Å²) < 4.78 is 44.9. The van der Waals surface area contributed by atoms with E-state index in [1.165, 1.54) is 4.90 Å². The minimum atomic E-state index is -3.60. The molecule has 55 heavy (non-hydrogen) atoms. The van der Waals surface area contributed by atoms with Crippen LogP contribution >= 0.6 is 0 Å². The van der Waals surface area contributed by atoms with Crippen molar-refractivity contribution in [3.63, 3.8) is 0 Å². The highest BCUT2D eigenvalue weighted by atomic mass is 32.2. The molecule has 0 unspecified atom stereocenters. The zero-order valence-corrected chi connectivity index (χ0v) is 33.0. The Balaban J connectivity index is 0.927. The van der Waals surface area contributed by atoms with Crippen LogP contribution in [0.5, 0.6) is 5.88 Å². The summed E-state index contributed by atoms with van der Waals surface area (Å²) >= 11 is 0. The van der Waals surface area contributed by atoms with Crippen molar-refractivity contribution in [1.82, 2.24) is 19.6 Å². The number of nitrogens with one attached hydrogen (secondary N) is 1. The van der Waals surface area contributed by atoms with Crippen molar-refractivity contribution >= 4 is 49.8 Å². The fourth-order valence-electron chi connectivity index (χ4n) is 7.24.